The van der Waals surface area contributed by atoms with Crippen LogP contribution in [-0.2, 0) is 32.7 Å². The van der Waals surface area contributed by atoms with Gasteiger partial charge < -0.3 is 27.9 Å². The largest absolute Gasteiger partial charge is 0.756 e. The van der Waals surface area contributed by atoms with E-state index in [0.717, 1.165) is 103 Å². The highest BCUT2D eigenvalue weighted by molar-refractivity contribution is 7.45. The monoisotopic (exact) mass is 888 g/mol. The molecule has 0 heterocycles. The number of carbonyl (C=O) groups excluding carboxylic acids is 2. The molecule has 2 atom stereocenters. The minimum Gasteiger partial charge on any atom is -0.756 e. The number of phosphoric ester groups is 1. The lowest BCUT2D eigenvalue weighted by Gasteiger charge is -2.28. The van der Waals surface area contributed by atoms with Crippen molar-refractivity contribution in [2.24, 2.45) is 0 Å². The molecular formula is C52H90NO8P. The second-order valence-electron chi connectivity index (χ2n) is 17.1. The van der Waals surface area contributed by atoms with Gasteiger partial charge in [0.25, 0.3) is 7.82 Å². The Kier molecular flexibility index (Phi) is 41.5. The van der Waals surface area contributed by atoms with Crippen molar-refractivity contribution in [2.45, 2.75) is 187 Å². The summed E-state index contributed by atoms with van der Waals surface area (Å²) in [5, 5.41) is 0. The molecule has 0 aromatic heterocycles. The number of likely N-dealkylation sites (N-methyl/N-ethyl adjacent to an activating group) is 1. The van der Waals surface area contributed by atoms with E-state index in [0.29, 0.717) is 23.9 Å². The van der Waals surface area contributed by atoms with Gasteiger partial charge in [0, 0.05) is 12.8 Å². The van der Waals surface area contributed by atoms with E-state index in [4.69, 9.17) is 18.5 Å². The van der Waals surface area contributed by atoms with Gasteiger partial charge in [0.05, 0.1) is 27.7 Å². The van der Waals surface area contributed by atoms with Crippen molar-refractivity contribution in [2.75, 3.05) is 47.5 Å². The van der Waals surface area contributed by atoms with Crippen LogP contribution in [-0.4, -0.2) is 70.0 Å². The fourth-order valence-electron chi connectivity index (χ4n) is 6.19. The SMILES string of the molecule is CC/C=C\C/C=C\C/C=C\C/C=C\CCCCCCCCCCCCC(=O)OC(COC(=O)CCCCCCC/C=C\C/C=C\C/C=C\CC)COP(=O)([O-])OCC[N+](C)(C)C. The average molecular weight is 888 g/mol. The predicted octanol–water partition coefficient (Wildman–Crippen LogP) is 13.7. The lowest BCUT2D eigenvalue weighted by atomic mass is 10.0. The second kappa shape index (κ2) is 43.4. The maximum atomic E-state index is 12.7. The zero-order chi connectivity index (χ0) is 45.7. The van der Waals surface area contributed by atoms with E-state index in [2.05, 4.69) is 98.9 Å². The van der Waals surface area contributed by atoms with Crippen LogP contribution in [0.15, 0.2) is 85.1 Å². The van der Waals surface area contributed by atoms with Crippen LogP contribution >= 0.6 is 7.82 Å². The summed E-state index contributed by atoms with van der Waals surface area (Å²) in [6, 6.07) is 0. The van der Waals surface area contributed by atoms with Crippen molar-refractivity contribution < 1.29 is 42.1 Å². The van der Waals surface area contributed by atoms with Gasteiger partial charge >= 0.3 is 11.9 Å². The van der Waals surface area contributed by atoms with Crippen LogP contribution in [0, 0.1) is 0 Å². The van der Waals surface area contributed by atoms with Crippen molar-refractivity contribution in [3.8, 4) is 0 Å². The highest BCUT2D eigenvalue weighted by Crippen LogP contribution is 2.38. The Morgan fingerprint density at radius 1 is 0.500 bits per heavy atom. The molecule has 0 aromatic rings. The molecule has 0 N–H and O–H groups in total. The number of quaternary nitrogens is 1. The normalized spacial score (nSPS) is 14.2. The third-order valence-electron chi connectivity index (χ3n) is 9.91. The van der Waals surface area contributed by atoms with Crippen LogP contribution in [0.2, 0.25) is 0 Å². The molecule has 62 heavy (non-hydrogen) atoms. The van der Waals surface area contributed by atoms with Crippen molar-refractivity contribution in [3.63, 3.8) is 0 Å². The number of hydrogen-bond donors (Lipinski definition) is 0. The number of unbranched alkanes of at least 4 members (excludes halogenated alkanes) is 15. The number of nitrogens with zero attached hydrogens (tertiary/aromatic N) is 1. The minimum absolute atomic E-state index is 0.0390. The zero-order valence-corrected chi connectivity index (χ0v) is 40.9. The van der Waals surface area contributed by atoms with Gasteiger partial charge in [-0.15, -0.1) is 0 Å². The van der Waals surface area contributed by atoms with E-state index in [-0.39, 0.29) is 26.1 Å². The Hall–Kier alpha value is -2.81. The Balaban J connectivity index is 4.30. The highest BCUT2D eigenvalue weighted by Gasteiger charge is 2.21. The van der Waals surface area contributed by atoms with Gasteiger partial charge in [-0.25, -0.2) is 0 Å². The fraction of sp³-hybridized carbons (Fsp3) is 0.692. The molecule has 356 valence electrons. The molecule has 9 nitrogen and oxygen atoms in total. The summed E-state index contributed by atoms with van der Waals surface area (Å²) >= 11 is 0. The zero-order valence-electron chi connectivity index (χ0n) is 40.0. The van der Waals surface area contributed by atoms with Crippen molar-refractivity contribution in [1.29, 1.82) is 0 Å². The van der Waals surface area contributed by atoms with Crippen LogP contribution < -0.4 is 4.89 Å². The first-order chi connectivity index (χ1) is 30.0. The molecule has 0 aromatic carbocycles. The maximum absolute atomic E-state index is 12.7. The third-order valence-corrected chi connectivity index (χ3v) is 10.9. The van der Waals surface area contributed by atoms with Crippen LogP contribution in [0.4, 0.5) is 0 Å². The van der Waals surface area contributed by atoms with E-state index in [9.17, 15) is 19.0 Å². The van der Waals surface area contributed by atoms with Gasteiger partial charge in [-0.1, -0.05) is 170 Å². The van der Waals surface area contributed by atoms with E-state index in [1.54, 1.807) is 0 Å². The summed E-state index contributed by atoms with van der Waals surface area (Å²) in [6.07, 6.45) is 56.1. The summed E-state index contributed by atoms with van der Waals surface area (Å²) in [5.41, 5.74) is 0. The highest BCUT2D eigenvalue weighted by atomic mass is 31.2. The molecule has 0 fully saturated rings. The first-order valence-electron chi connectivity index (χ1n) is 24.3. The quantitative estimate of drug-likeness (QED) is 0.0196. The summed E-state index contributed by atoms with van der Waals surface area (Å²) < 4.78 is 34.0. The molecule has 0 aliphatic rings. The predicted molar refractivity (Wildman–Crippen MR) is 259 cm³/mol. The van der Waals surface area contributed by atoms with E-state index >= 15 is 0 Å². The van der Waals surface area contributed by atoms with Crippen LogP contribution in [0.25, 0.3) is 0 Å². The number of esters is 2. The smallest absolute Gasteiger partial charge is 0.306 e. The number of phosphoric acid groups is 1. The van der Waals surface area contributed by atoms with E-state index in [1.165, 1.54) is 38.5 Å². The molecule has 0 bridgehead atoms. The molecule has 0 spiro atoms. The Morgan fingerprint density at radius 2 is 0.871 bits per heavy atom. The Bertz CT molecular complexity index is 1330. The van der Waals surface area contributed by atoms with Gasteiger partial charge in [0.15, 0.2) is 6.10 Å². The number of carbonyl (C=O) groups is 2. The van der Waals surface area contributed by atoms with Crippen molar-refractivity contribution in [3.05, 3.63) is 85.1 Å². The van der Waals surface area contributed by atoms with E-state index in [1.807, 2.05) is 21.1 Å². The van der Waals surface area contributed by atoms with Gasteiger partial charge in [-0.2, -0.15) is 0 Å². The van der Waals surface area contributed by atoms with Gasteiger partial charge in [-0.3, -0.25) is 14.2 Å². The molecule has 0 saturated carbocycles. The summed E-state index contributed by atoms with van der Waals surface area (Å²) in [7, 11) is 1.14. The Labute approximate surface area is 380 Å². The molecule has 10 heteroatoms. The molecule has 0 saturated heterocycles. The molecule has 0 aliphatic carbocycles. The van der Waals surface area contributed by atoms with Crippen LogP contribution in [0.1, 0.15) is 181 Å². The summed E-state index contributed by atoms with van der Waals surface area (Å²) in [6.45, 7) is 3.97. The van der Waals surface area contributed by atoms with Gasteiger partial charge in [0.2, 0.25) is 0 Å². The van der Waals surface area contributed by atoms with E-state index < -0.39 is 32.5 Å². The number of allylic oxidation sites excluding steroid dienone is 14. The average Bonchev–Trinajstić information content (AvgIpc) is 3.23. The minimum atomic E-state index is -4.64. The van der Waals surface area contributed by atoms with Crippen LogP contribution in [0.3, 0.4) is 0 Å². The van der Waals surface area contributed by atoms with Crippen molar-refractivity contribution >= 4 is 19.8 Å². The molecule has 0 amide bonds. The van der Waals surface area contributed by atoms with Gasteiger partial charge in [-0.05, 0) is 83.5 Å². The second-order valence-corrected chi connectivity index (χ2v) is 18.5. The summed E-state index contributed by atoms with van der Waals surface area (Å²) in [4.78, 5) is 37.7. The molecule has 0 rings (SSSR count). The molecule has 0 aliphatic heterocycles. The standard InChI is InChI=1S/C52H90NO8P/c1-6-8-10-12-14-16-18-20-22-23-24-25-26-27-28-29-31-33-35-37-39-41-43-45-52(55)61-50(49-60-62(56,57)59-47-46-53(3,4)5)48-58-51(54)44-42-40-38-36-34-32-30-21-19-17-15-13-11-9-7-2/h8-11,14-17,20-22,24-25,30,50H,6-7,12-13,18-19,23,26-29,31-49H2,1-5H3/b10-8-,11-9-,16-14-,17-15-,22-20-,25-24-,30-21-. The topological polar surface area (TPSA) is 111 Å². The van der Waals surface area contributed by atoms with Crippen molar-refractivity contribution in [1.82, 2.24) is 0 Å². The number of rotatable bonds is 43. The first-order valence-corrected chi connectivity index (χ1v) is 25.8. The maximum Gasteiger partial charge on any atom is 0.306 e. The number of ether oxygens (including phenoxy) is 2. The number of hydrogen-bond acceptors (Lipinski definition) is 8. The van der Waals surface area contributed by atoms with Crippen LogP contribution in [0.5, 0.6) is 0 Å². The van der Waals surface area contributed by atoms with Gasteiger partial charge in [0.1, 0.15) is 19.8 Å². The molecule has 2 unspecified atom stereocenters. The first kappa shape index (κ1) is 59.2. The fourth-order valence-corrected chi connectivity index (χ4v) is 6.92. The lowest BCUT2D eigenvalue weighted by Crippen LogP contribution is -2.37. The molecular weight excluding hydrogens is 798 g/mol. The Morgan fingerprint density at radius 3 is 1.29 bits per heavy atom. The lowest BCUT2D eigenvalue weighted by molar-refractivity contribution is -0.870. The third kappa shape index (κ3) is 46.7. The molecule has 0 radical (unpaired) electrons. The summed E-state index contributed by atoms with van der Waals surface area (Å²) in [5.74, 6) is -0.865.